The molecule has 0 aliphatic heterocycles. The van der Waals surface area contributed by atoms with Crippen LogP contribution in [0.1, 0.15) is 18.1 Å². The van der Waals surface area contributed by atoms with Crippen molar-refractivity contribution in [1.29, 1.82) is 0 Å². The Hall–Kier alpha value is -2.96. The van der Waals surface area contributed by atoms with Gasteiger partial charge in [-0.25, -0.2) is 0 Å². The summed E-state index contributed by atoms with van der Waals surface area (Å²) in [5.41, 5.74) is -1.13. The molecule has 3 aliphatic carbocycles. The summed E-state index contributed by atoms with van der Waals surface area (Å²) in [4.78, 5) is 26.3. The molecule has 7 atom stereocenters. The maximum absolute atomic E-state index is 13.1. The minimum Gasteiger partial charge on any atom is -0.508 e. The number of carbonyl (C=O) groups excluding carboxylic acids is 2. The van der Waals surface area contributed by atoms with Crippen molar-refractivity contribution in [3.05, 3.63) is 46.2 Å². The fraction of sp³-hybridized carbons (Fsp3) is 0.455. The molecule has 0 spiro atoms. The minimum absolute atomic E-state index is 0.0477. The summed E-state index contributed by atoms with van der Waals surface area (Å²) < 4.78 is 0. The first-order chi connectivity index (χ1) is 15.2. The summed E-state index contributed by atoms with van der Waals surface area (Å²) in [5.74, 6) is -7.81. The molecule has 1 fully saturated rings. The zero-order valence-electron chi connectivity index (χ0n) is 18.1. The van der Waals surface area contributed by atoms with Gasteiger partial charge >= 0.3 is 0 Å². The number of hydrogen-bond donors (Lipinski definition) is 8. The SMILES string of the molecule is CN(C)[C@@H]1C(=O)C(C(N)=O)=C(O)[C@@]2(O)C(O)C3=C(O)c4c(O)cccc4[C@@](C)(O)[C@H]3[C@H](O)[C@@H]12. The van der Waals surface area contributed by atoms with Crippen molar-refractivity contribution in [1.82, 2.24) is 4.90 Å². The topological polar surface area (TPSA) is 205 Å². The second-order valence-corrected chi connectivity index (χ2v) is 9.23. The Morgan fingerprint density at radius 2 is 1.73 bits per heavy atom. The number of aliphatic hydroxyl groups is 6. The van der Waals surface area contributed by atoms with Gasteiger partial charge < -0.3 is 41.5 Å². The van der Waals surface area contributed by atoms with Crippen molar-refractivity contribution < 1.29 is 45.3 Å². The number of benzene rings is 1. The van der Waals surface area contributed by atoms with E-state index in [1.807, 2.05) is 0 Å². The number of amides is 1. The summed E-state index contributed by atoms with van der Waals surface area (Å²) in [7, 11) is 2.86. The molecule has 1 saturated carbocycles. The van der Waals surface area contributed by atoms with Crippen LogP contribution >= 0.6 is 0 Å². The molecule has 11 nitrogen and oxygen atoms in total. The number of fused-ring (bicyclic) bond motifs is 3. The largest absolute Gasteiger partial charge is 0.508 e. The molecule has 0 aromatic heterocycles. The van der Waals surface area contributed by atoms with Gasteiger partial charge in [-0.05, 0) is 32.6 Å². The van der Waals surface area contributed by atoms with Crippen LogP contribution in [0.25, 0.3) is 5.76 Å². The van der Waals surface area contributed by atoms with E-state index in [9.17, 15) is 45.3 Å². The van der Waals surface area contributed by atoms with E-state index in [1.54, 1.807) is 0 Å². The van der Waals surface area contributed by atoms with Crippen molar-refractivity contribution in [3.8, 4) is 5.75 Å². The molecular weight excluding hydrogens is 436 g/mol. The smallest absolute Gasteiger partial charge is 0.255 e. The molecule has 1 aromatic rings. The van der Waals surface area contributed by atoms with Gasteiger partial charge in [0.2, 0.25) is 0 Å². The minimum atomic E-state index is -2.83. The second-order valence-electron chi connectivity index (χ2n) is 9.23. The van der Waals surface area contributed by atoms with Gasteiger partial charge in [0.15, 0.2) is 11.4 Å². The summed E-state index contributed by atoms with van der Waals surface area (Å²) >= 11 is 0. The number of nitrogens with two attached hydrogens (primary N) is 1. The Labute approximate surface area is 188 Å². The maximum atomic E-state index is 13.1. The molecule has 178 valence electrons. The first-order valence-corrected chi connectivity index (χ1v) is 10.2. The van der Waals surface area contributed by atoms with Crippen LogP contribution in [-0.2, 0) is 15.2 Å². The van der Waals surface area contributed by atoms with Crippen molar-refractivity contribution in [2.75, 3.05) is 14.1 Å². The van der Waals surface area contributed by atoms with E-state index in [0.717, 1.165) is 0 Å². The average molecular weight is 462 g/mol. The zero-order chi connectivity index (χ0) is 24.8. The number of phenols is 1. The van der Waals surface area contributed by atoms with Crippen LogP contribution in [0.5, 0.6) is 5.75 Å². The number of phenolic OH excluding ortho intramolecular Hbond substituents is 1. The Balaban J connectivity index is 2.09. The molecule has 1 unspecified atom stereocenters. The lowest BCUT2D eigenvalue weighted by Gasteiger charge is -2.58. The Morgan fingerprint density at radius 3 is 2.27 bits per heavy atom. The van der Waals surface area contributed by atoms with Gasteiger partial charge in [-0.1, -0.05) is 12.1 Å². The highest BCUT2D eigenvalue weighted by Gasteiger charge is 2.69. The third kappa shape index (κ3) is 2.68. The van der Waals surface area contributed by atoms with Gasteiger partial charge in [0.05, 0.1) is 23.3 Å². The number of primary amides is 1. The van der Waals surface area contributed by atoms with Crippen LogP contribution < -0.4 is 5.73 Å². The van der Waals surface area contributed by atoms with Gasteiger partial charge in [-0.15, -0.1) is 0 Å². The molecular formula is C22H26N2O9. The highest BCUT2D eigenvalue weighted by Crippen LogP contribution is 2.58. The van der Waals surface area contributed by atoms with E-state index in [1.165, 1.54) is 44.1 Å². The molecule has 3 aliphatic rings. The summed E-state index contributed by atoms with van der Waals surface area (Å²) in [6.45, 7) is 1.29. The maximum Gasteiger partial charge on any atom is 0.255 e. The standard InChI is InChI=1S/C22H26N2O9/c1-21(32)7-5-4-6-8(25)9(7)15(26)10-12(21)17(28)13-14(24(2)3)16(27)11(20(23)31)19(30)22(13,33)18(10)29/h4-6,12-14,17-18,25-26,28-30,32-33H,1-3H3,(H2,23,31)/t12-,13-,14+,17+,18?,21-,22+/m1/s1. The molecule has 9 N–H and O–H groups in total. The Morgan fingerprint density at radius 1 is 1.12 bits per heavy atom. The lowest BCUT2D eigenvalue weighted by Crippen LogP contribution is -2.73. The Kier molecular flexibility index (Phi) is 4.94. The molecule has 1 aromatic carbocycles. The quantitative estimate of drug-likeness (QED) is 0.236. The molecule has 0 heterocycles. The van der Waals surface area contributed by atoms with Gasteiger partial charge in [0, 0.05) is 17.4 Å². The number of aliphatic hydroxyl groups excluding tert-OH is 4. The number of ketones is 1. The zero-order valence-corrected chi connectivity index (χ0v) is 18.1. The summed E-state index contributed by atoms with van der Waals surface area (Å²) in [6.07, 6.45) is -4.01. The molecule has 0 radical (unpaired) electrons. The predicted octanol–water partition coefficient (Wildman–Crippen LogP) is -1.61. The predicted molar refractivity (Wildman–Crippen MR) is 113 cm³/mol. The first kappa shape index (κ1) is 23.2. The number of rotatable bonds is 2. The first-order valence-electron chi connectivity index (χ1n) is 10.2. The normalized spacial score (nSPS) is 38.2. The fourth-order valence-electron chi connectivity index (χ4n) is 5.81. The summed E-state index contributed by atoms with van der Waals surface area (Å²) in [5, 5.41) is 78.0. The number of carbonyl (C=O) groups is 2. The molecule has 11 heteroatoms. The van der Waals surface area contributed by atoms with Crippen molar-refractivity contribution >= 4 is 17.4 Å². The van der Waals surface area contributed by atoms with Crippen molar-refractivity contribution in [2.45, 2.75) is 36.4 Å². The van der Waals surface area contributed by atoms with Gasteiger partial charge in [0.25, 0.3) is 5.91 Å². The number of nitrogens with zero attached hydrogens (tertiary/aromatic N) is 1. The molecule has 0 saturated heterocycles. The van der Waals surface area contributed by atoms with E-state index in [0.29, 0.717) is 0 Å². The van der Waals surface area contributed by atoms with E-state index in [2.05, 4.69) is 0 Å². The lowest BCUT2D eigenvalue weighted by molar-refractivity contribution is -0.205. The van der Waals surface area contributed by atoms with Crippen LogP contribution in [0.3, 0.4) is 0 Å². The number of likely N-dealkylation sites (N-methyl/N-ethyl adjacent to an activating group) is 1. The van der Waals surface area contributed by atoms with Crippen LogP contribution in [0.2, 0.25) is 0 Å². The van der Waals surface area contributed by atoms with Gasteiger partial charge in [0.1, 0.15) is 28.9 Å². The van der Waals surface area contributed by atoms with Crippen LogP contribution in [0, 0.1) is 11.8 Å². The van der Waals surface area contributed by atoms with Crippen LogP contribution in [0.4, 0.5) is 0 Å². The van der Waals surface area contributed by atoms with Crippen molar-refractivity contribution in [2.24, 2.45) is 17.6 Å². The monoisotopic (exact) mass is 462 g/mol. The van der Waals surface area contributed by atoms with E-state index in [4.69, 9.17) is 5.73 Å². The number of hydrogen-bond acceptors (Lipinski definition) is 10. The fourth-order valence-corrected chi connectivity index (χ4v) is 5.81. The van der Waals surface area contributed by atoms with Crippen LogP contribution in [-0.4, -0.2) is 90.3 Å². The third-order valence-corrected chi connectivity index (χ3v) is 7.24. The second kappa shape index (κ2) is 7.02. The highest BCUT2D eigenvalue weighted by atomic mass is 16.4. The average Bonchev–Trinajstić information content (AvgIpc) is 2.70. The van der Waals surface area contributed by atoms with Crippen LogP contribution in [0.15, 0.2) is 35.1 Å². The lowest BCUT2D eigenvalue weighted by atomic mass is 9.52. The molecule has 4 rings (SSSR count). The molecule has 33 heavy (non-hydrogen) atoms. The number of Topliss-reactive ketones (excluding diaryl/α,β-unsaturated/α-hetero) is 1. The van der Waals surface area contributed by atoms with Gasteiger partial charge in [-0.3, -0.25) is 14.5 Å². The Bertz CT molecular complexity index is 1140. The number of aromatic hydroxyl groups is 1. The molecule has 0 bridgehead atoms. The van der Waals surface area contributed by atoms with Gasteiger partial charge in [-0.2, -0.15) is 0 Å². The van der Waals surface area contributed by atoms with E-state index >= 15 is 0 Å². The van der Waals surface area contributed by atoms with E-state index < -0.39 is 81.4 Å². The highest BCUT2D eigenvalue weighted by molar-refractivity contribution is 6.22. The third-order valence-electron chi connectivity index (χ3n) is 7.24. The van der Waals surface area contributed by atoms with E-state index in [-0.39, 0.29) is 11.1 Å². The molecule has 1 amide bonds. The van der Waals surface area contributed by atoms with Crippen molar-refractivity contribution in [3.63, 3.8) is 0 Å². The summed E-state index contributed by atoms with van der Waals surface area (Å²) in [6, 6.07) is 2.64.